The second-order valence-corrected chi connectivity index (χ2v) is 5.05. The van der Waals surface area contributed by atoms with Crippen molar-refractivity contribution in [1.29, 1.82) is 0 Å². The Hall–Kier alpha value is -2.76. The van der Waals surface area contributed by atoms with Crippen molar-refractivity contribution in [2.45, 2.75) is 6.54 Å². The van der Waals surface area contributed by atoms with E-state index in [0.29, 0.717) is 25.3 Å². The third kappa shape index (κ3) is 3.11. The summed E-state index contributed by atoms with van der Waals surface area (Å²) < 4.78 is 5.49. The van der Waals surface area contributed by atoms with Crippen LogP contribution < -0.4 is 10.1 Å². The quantitative estimate of drug-likeness (QED) is 0.890. The number of hydrogen-bond donors (Lipinski definition) is 2. The molecule has 3 rings (SSSR count). The minimum Gasteiger partial charge on any atom is -0.483 e. The molecule has 2 aromatic rings. The Morgan fingerprint density at radius 3 is 2.95 bits per heavy atom. The van der Waals surface area contributed by atoms with E-state index in [1.165, 1.54) is 0 Å². The molecular weight excluding hydrogens is 282 g/mol. The summed E-state index contributed by atoms with van der Waals surface area (Å²) in [5, 5.41) is 2.79. The van der Waals surface area contributed by atoms with Crippen molar-refractivity contribution in [1.82, 2.24) is 15.2 Å². The van der Waals surface area contributed by atoms with Gasteiger partial charge in [0.15, 0.2) is 6.61 Å². The number of aromatic amines is 1. The summed E-state index contributed by atoms with van der Waals surface area (Å²) in [5.41, 5.74) is 1.49. The van der Waals surface area contributed by atoms with E-state index in [-0.39, 0.29) is 18.4 Å². The topological polar surface area (TPSA) is 74.4 Å². The van der Waals surface area contributed by atoms with Crippen LogP contribution in [-0.2, 0) is 11.3 Å². The van der Waals surface area contributed by atoms with E-state index in [1.54, 1.807) is 23.2 Å². The van der Waals surface area contributed by atoms with Crippen LogP contribution in [0.25, 0.3) is 0 Å². The number of nitrogens with zero attached hydrogens (tertiary/aromatic N) is 1. The maximum atomic E-state index is 12.1. The highest BCUT2D eigenvalue weighted by Crippen LogP contribution is 2.22. The van der Waals surface area contributed by atoms with E-state index in [4.69, 9.17) is 4.74 Å². The van der Waals surface area contributed by atoms with E-state index < -0.39 is 0 Å². The molecule has 114 valence electrons. The van der Waals surface area contributed by atoms with E-state index in [9.17, 15) is 9.59 Å². The highest BCUT2D eigenvalue weighted by atomic mass is 16.5. The van der Waals surface area contributed by atoms with Gasteiger partial charge in [-0.1, -0.05) is 18.2 Å². The Labute approximate surface area is 128 Å². The van der Waals surface area contributed by atoms with Crippen molar-refractivity contribution in [2.24, 2.45) is 0 Å². The highest BCUT2D eigenvalue weighted by Gasteiger charge is 2.21. The Morgan fingerprint density at radius 2 is 2.14 bits per heavy atom. The summed E-state index contributed by atoms with van der Waals surface area (Å²) in [6.45, 7) is 1.36. The smallest absolute Gasteiger partial charge is 0.267 e. The molecule has 2 N–H and O–H groups in total. The number of rotatable bonds is 4. The van der Waals surface area contributed by atoms with Gasteiger partial charge in [0.05, 0.1) is 0 Å². The molecule has 0 unspecified atom stereocenters. The van der Waals surface area contributed by atoms with Gasteiger partial charge in [-0.05, 0) is 18.2 Å². The van der Waals surface area contributed by atoms with Crippen molar-refractivity contribution in [2.75, 3.05) is 19.7 Å². The van der Waals surface area contributed by atoms with Crippen LogP contribution in [0.1, 0.15) is 16.1 Å². The summed E-state index contributed by atoms with van der Waals surface area (Å²) in [6.07, 6.45) is 1.70. The molecule has 0 saturated heterocycles. The molecule has 1 aromatic carbocycles. The van der Waals surface area contributed by atoms with Gasteiger partial charge in [0.2, 0.25) is 0 Å². The summed E-state index contributed by atoms with van der Waals surface area (Å²) in [6, 6.07) is 11.1. The van der Waals surface area contributed by atoms with Gasteiger partial charge in [-0.2, -0.15) is 0 Å². The predicted molar refractivity (Wildman–Crippen MR) is 80.5 cm³/mol. The Morgan fingerprint density at radius 1 is 1.27 bits per heavy atom. The van der Waals surface area contributed by atoms with Crippen molar-refractivity contribution in [3.63, 3.8) is 0 Å². The summed E-state index contributed by atoms with van der Waals surface area (Å²) in [5.74, 6) is 0.489. The second-order valence-electron chi connectivity index (χ2n) is 5.05. The number of nitrogens with one attached hydrogen (secondary N) is 2. The van der Waals surface area contributed by atoms with Crippen LogP contribution in [-0.4, -0.2) is 41.4 Å². The number of aromatic nitrogens is 1. The van der Waals surface area contributed by atoms with Gasteiger partial charge in [-0.3, -0.25) is 9.59 Å². The van der Waals surface area contributed by atoms with Gasteiger partial charge < -0.3 is 19.9 Å². The molecule has 2 amide bonds. The molecule has 0 saturated carbocycles. The molecule has 22 heavy (non-hydrogen) atoms. The van der Waals surface area contributed by atoms with Gasteiger partial charge in [0.1, 0.15) is 11.4 Å². The van der Waals surface area contributed by atoms with Crippen LogP contribution >= 0.6 is 0 Å². The van der Waals surface area contributed by atoms with E-state index in [2.05, 4.69) is 10.3 Å². The minimum atomic E-state index is -0.177. The predicted octanol–water partition coefficient (Wildman–Crippen LogP) is 1.17. The van der Waals surface area contributed by atoms with Gasteiger partial charge in [0, 0.05) is 31.4 Å². The lowest BCUT2D eigenvalue weighted by atomic mass is 10.2. The fourth-order valence-corrected chi connectivity index (χ4v) is 2.37. The van der Waals surface area contributed by atoms with Gasteiger partial charge in [-0.25, -0.2) is 0 Å². The Bertz CT molecular complexity index is 667. The first-order valence-corrected chi connectivity index (χ1v) is 7.14. The standard InChI is InChI=1S/C16H17N3O3/c20-15-11-22-14-6-2-1-4-12(14)10-19(15)9-8-18-16(21)13-5-3-7-17-13/h1-7,17H,8-11H2,(H,18,21). The van der Waals surface area contributed by atoms with Crippen molar-refractivity contribution in [3.8, 4) is 5.75 Å². The maximum absolute atomic E-state index is 12.1. The van der Waals surface area contributed by atoms with Crippen LogP contribution in [0.4, 0.5) is 0 Å². The van der Waals surface area contributed by atoms with E-state index in [0.717, 1.165) is 11.3 Å². The first-order chi connectivity index (χ1) is 10.7. The van der Waals surface area contributed by atoms with E-state index in [1.807, 2.05) is 24.3 Å². The van der Waals surface area contributed by atoms with Crippen molar-refractivity contribution >= 4 is 11.8 Å². The first kappa shape index (κ1) is 14.2. The third-order valence-electron chi connectivity index (χ3n) is 3.55. The maximum Gasteiger partial charge on any atom is 0.267 e. The SMILES string of the molecule is O=C(NCCN1Cc2ccccc2OCC1=O)c1ccc[nH]1. The molecule has 0 bridgehead atoms. The zero-order chi connectivity index (χ0) is 15.4. The number of carbonyl (C=O) groups is 2. The number of fused-ring (bicyclic) bond motifs is 1. The fourth-order valence-electron chi connectivity index (χ4n) is 2.37. The number of ether oxygens (including phenoxy) is 1. The third-order valence-corrected chi connectivity index (χ3v) is 3.55. The van der Waals surface area contributed by atoms with Crippen LogP contribution in [0.2, 0.25) is 0 Å². The second kappa shape index (κ2) is 6.34. The lowest BCUT2D eigenvalue weighted by Crippen LogP contribution is -2.39. The Balaban J connectivity index is 1.57. The number of H-pyrrole nitrogens is 1. The molecule has 1 aliphatic rings. The number of carbonyl (C=O) groups excluding carboxylic acids is 2. The molecule has 0 radical (unpaired) electrons. The largest absolute Gasteiger partial charge is 0.483 e. The summed E-state index contributed by atoms with van der Waals surface area (Å²) >= 11 is 0. The molecule has 0 fully saturated rings. The van der Waals surface area contributed by atoms with Crippen LogP contribution in [0.5, 0.6) is 5.75 Å². The first-order valence-electron chi connectivity index (χ1n) is 7.14. The highest BCUT2D eigenvalue weighted by molar-refractivity contribution is 5.92. The summed E-state index contributed by atoms with van der Waals surface area (Å²) in [4.78, 5) is 28.4. The zero-order valence-electron chi connectivity index (χ0n) is 12.0. The molecule has 6 nitrogen and oxygen atoms in total. The molecule has 1 aliphatic heterocycles. The van der Waals surface area contributed by atoms with Gasteiger partial charge >= 0.3 is 0 Å². The normalized spacial score (nSPS) is 14.0. The molecule has 1 aromatic heterocycles. The average molecular weight is 299 g/mol. The summed E-state index contributed by atoms with van der Waals surface area (Å²) in [7, 11) is 0. The van der Waals surface area contributed by atoms with Crippen LogP contribution in [0.15, 0.2) is 42.6 Å². The number of hydrogen-bond acceptors (Lipinski definition) is 3. The Kier molecular flexibility index (Phi) is 4.09. The molecular formula is C16H17N3O3. The molecule has 0 aliphatic carbocycles. The van der Waals surface area contributed by atoms with Crippen LogP contribution in [0.3, 0.4) is 0 Å². The average Bonchev–Trinajstić information content (AvgIpc) is 3.02. The van der Waals surface area contributed by atoms with Crippen molar-refractivity contribution < 1.29 is 14.3 Å². The molecule has 0 spiro atoms. The lowest BCUT2D eigenvalue weighted by Gasteiger charge is -2.20. The lowest BCUT2D eigenvalue weighted by molar-refractivity contribution is -0.133. The van der Waals surface area contributed by atoms with Gasteiger partial charge in [-0.15, -0.1) is 0 Å². The molecule has 0 atom stereocenters. The minimum absolute atomic E-state index is 0.0294. The van der Waals surface area contributed by atoms with E-state index >= 15 is 0 Å². The fraction of sp³-hybridized carbons (Fsp3) is 0.250. The van der Waals surface area contributed by atoms with Crippen LogP contribution in [0, 0.1) is 0 Å². The molecule has 2 heterocycles. The monoisotopic (exact) mass is 299 g/mol. The van der Waals surface area contributed by atoms with Gasteiger partial charge in [0.25, 0.3) is 11.8 Å². The number of para-hydroxylation sites is 1. The zero-order valence-corrected chi connectivity index (χ0v) is 12.0. The number of amides is 2. The number of benzene rings is 1. The molecule has 6 heteroatoms. The van der Waals surface area contributed by atoms with Crippen molar-refractivity contribution in [3.05, 3.63) is 53.9 Å².